The first-order chi connectivity index (χ1) is 6.67. The van der Waals surface area contributed by atoms with Gasteiger partial charge >= 0.3 is 0 Å². The smallest absolute Gasteiger partial charge is 0.0949 e. The van der Waals surface area contributed by atoms with Crippen molar-refractivity contribution in [1.82, 2.24) is 5.32 Å². The Morgan fingerprint density at radius 3 is 2.92 bits per heavy atom. The summed E-state index contributed by atoms with van der Waals surface area (Å²) in [5.74, 6) is 0. The van der Waals surface area contributed by atoms with Gasteiger partial charge in [-0.25, -0.2) is 0 Å². The Morgan fingerprint density at radius 2 is 2.25 bits per heavy atom. The summed E-state index contributed by atoms with van der Waals surface area (Å²) in [5.41, 5.74) is 1.09. The predicted octanol–water partition coefficient (Wildman–Crippen LogP) is 1.35. The zero-order chi connectivity index (χ0) is 10.0. The van der Waals surface area contributed by atoms with E-state index in [-0.39, 0.29) is 12.7 Å². The van der Waals surface area contributed by atoms with Crippen LogP contribution in [-0.4, -0.2) is 19.6 Å². The summed E-state index contributed by atoms with van der Waals surface area (Å²) in [4.78, 5) is 0. The molecule has 1 atom stereocenters. The summed E-state index contributed by atoms with van der Waals surface area (Å²) in [5, 5.41) is 2.82. The maximum atomic E-state index is 7.41. The van der Waals surface area contributed by atoms with E-state index in [0.717, 1.165) is 5.56 Å². The number of benzene rings is 1. The van der Waals surface area contributed by atoms with Crippen LogP contribution < -0.4 is 5.32 Å². The molecular formula is C10H13NO. The van der Waals surface area contributed by atoms with Gasteiger partial charge in [-0.3, -0.25) is 0 Å². The Labute approximate surface area is 75.4 Å². The lowest BCUT2D eigenvalue weighted by Crippen LogP contribution is -2.33. The fraction of sp³-hybridized carbons (Fsp3) is 0.400. The van der Waals surface area contributed by atoms with Crippen LogP contribution in [-0.2, 0) is 4.74 Å². The molecule has 1 aromatic rings. The van der Waals surface area contributed by atoms with E-state index in [4.69, 9.17) is 7.48 Å². The zero-order valence-electron chi connectivity index (χ0n) is 8.79. The molecule has 2 heteroatoms. The van der Waals surface area contributed by atoms with Crippen LogP contribution in [0.15, 0.2) is 30.3 Å². The van der Waals surface area contributed by atoms with E-state index >= 15 is 0 Å². The number of rotatable bonds is 1. The van der Waals surface area contributed by atoms with Gasteiger partial charge in [0, 0.05) is 15.8 Å². The molecule has 1 aliphatic heterocycles. The lowest BCUT2D eigenvalue weighted by atomic mass is 10.1. The van der Waals surface area contributed by atoms with Crippen LogP contribution in [0.25, 0.3) is 0 Å². The van der Waals surface area contributed by atoms with Gasteiger partial charge in [-0.05, 0) is 5.56 Å². The summed E-state index contributed by atoms with van der Waals surface area (Å²) < 4.78 is 20.3. The van der Waals surface area contributed by atoms with Crippen LogP contribution >= 0.6 is 0 Å². The average Bonchev–Trinajstić information content (AvgIpc) is 2.19. The standard InChI is InChI=1S/C10H13NO/c1-2-4-9(5-3-1)10-8-11-6-7-12-10/h1-5,10-11H,6-8H2/i6D2. The second kappa shape index (κ2) is 3.70. The van der Waals surface area contributed by atoms with Gasteiger partial charge in [-0.2, -0.15) is 0 Å². The summed E-state index contributed by atoms with van der Waals surface area (Å²) in [7, 11) is 0. The second-order valence-corrected chi connectivity index (χ2v) is 2.77. The van der Waals surface area contributed by atoms with Gasteiger partial charge in [0.05, 0.1) is 12.7 Å². The van der Waals surface area contributed by atoms with E-state index < -0.39 is 6.50 Å². The van der Waals surface area contributed by atoms with E-state index in [1.54, 1.807) is 0 Å². The normalized spacial score (nSPS) is 30.5. The second-order valence-electron chi connectivity index (χ2n) is 2.77. The minimum Gasteiger partial charge on any atom is -0.371 e. The third-order valence-electron chi connectivity index (χ3n) is 1.94. The summed E-state index contributed by atoms with van der Waals surface area (Å²) >= 11 is 0. The summed E-state index contributed by atoms with van der Waals surface area (Å²) in [6.07, 6.45) is -0.0278. The van der Waals surface area contributed by atoms with E-state index in [0.29, 0.717) is 6.54 Å². The molecule has 0 spiro atoms. The van der Waals surface area contributed by atoms with Crippen molar-refractivity contribution in [1.29, 1.82) is 0 Å². The van der Waals surface area contributed by atoms with Crippen LogP contribution in [0.1, 0.15) is 14.4 Å². The van der Waals surface area contributed by atoms with E-state index in [2.05, 4.69) is 5.32 Å². The largest absolute Gasteiger partial charge is 0.371 e. The maximum absolute atomic E-state index is 7.41. The lowest BCUT2D eigenvalue weighted by Gasteiger charge is -2.23. The van der Waals surface area contributed by atoms with Gasteiger partial charge in [-0.1, -0.05) is 30.3 Å². The first-order valence-electron chi connectivity index (χ1n) is 5.09. The van der Waals surface area contributed by atoms with E-state index in [1.165, 1.54) is 0 Å². The Morgan fingerprint density at radius 1 is 1.42 bits per heavy atom. The van der Waals surface area contributed by atoms with Crippen molar-refractivity contribution in [2.75, 3.05) is 19.6 Å². The fourth-order valence-corrected chi connectivity index (χ4v) is 1.30. The quantitative estimate of drug-likeness (QED) is 0.678. The Kier molecular flexibility index (Phi) is 1.76. The van der Waals surface area contributed by atoms with Crippen molar-refractivity contribution >= 4 is 0 Å². The van der Waals surface area contributed by atoms with Gasteiger partial charge in [0.25, 0.3) is 0 Å². The number of hydrogen-bond acceptors (Lipinski definition) is 2. The highest BCUT2D eigenvalue weighted by atomic mass is 16.5. The highest BCUT2D eigenvalue weighted by Gasteiger charge is 2.14. The number of hydrogen-bond donors (Lipinski definition) is 1. The van der Waals surface area contributed by atoms with Crippen molar-refractivity contribution in [3.63, 3.8) is 0 Å². The van der Waals surface area contributed by atoms with Crippen molar-refractivity contribution in [2.24, 2.45) is 0 Å². The molecule has 1 unspecified atom stereocenters. The van der Waals surface area contributed by atoms with E-state index in [1.807, 2.05) is 30.3 Å². The Hall–Kier alpha value is -0.860. The molecular weight excluding hydrogens is 150 g/mol. The first kappa shape index (κ1) is 5.73. The molecule has 1 saturated heterocycles. The monoisotopic (exact) mass is 165 g/mol. The van der Waals surface area contributed by atoms with Crippen molar-refractivity contribution in [2.45, 2.75) is 6.10 Å². The molecule has 1 N–H and O–H groups in total. The minimum atomic E-state index is -1.38. The van der Waals surface area contributed by atoms with Gasteiger partial charge in [0.15, 0.2) is 0 Å². The molecule has 1 fully saturated rings. The van der Waals surface area contributed by atoms with Crippen LogP contribution in [0.2, 0.25) is 0 Å². The van der Waals surface area contributed by atoms with Crippen LogP contribution in [0.5, 0.6) is 0 Å². The number of ether oxygens (including phenoxy) is 1. The topological polar surface area (TPSA) is 21.3 Å². The molecule has 0 aromatic heterocycles. The summed E-state index contributed by atoms with van der Waals surface area (Å²) in [6.45, 7) is -0.755. The molecule has 0 amide bonds. The molecule has 1 aromatic carbocycles. The minimum absolute atomic E-state index is 0.0278. The molecule has 0 saturated carbocycles. The molecule has 1 aliphatic rings. The van der Waals surface area contributed by atoms with Crippen molar-refractivity contribution in [3.8, 4) is 0 Å². The van der Waals surface area contributed by atoms with Crippen LogP contribution in [0.3, 0.4) is 0 Å². The van der Waals surface area contributed by atoms with Gasteiger partial charge < -0.3 is 10.1 Å². The maximum Gasteiger partial charge on any atom is 0.0949 e. The molecule has 12 heavy (non-hydrogen) atoms. The molecule has 2 nitrogen and oxygen atoms in total. The zero-order valence-corrected chi connectivity index (χ0v) is 6.79. The molecule has 64 valence electrons. The van der Waals surface area contributed by atoms with Gasteiger partial charge in [-0.15, -0.1) is 0 Å². The highest BCUT2D eigenvalue weighted by Crippen LogP contribution is 2.17. The average molecular weight is 165 g/mol. The van der Waals surface area contributed by atoms with Crippen molar-refractivity contribution in [3.05, 3.63) is 35.9 Å². The SMILES string of the molecule is [2H]C1([2H])COC(c2ccccc2)CN1. The Bertz CT molecular complexity index is 292. The van der Waals surface area contributed by atoms with Gasteiger partial charge in [0.1, 0.15) is 0 Å². The van der Waals surface area contributed by atoms with Gasteiger partial charge in [0.2, 0.25) is 0 Å². The van der Waals surface area contributed by atoms with Crippen LogP contribution in [0.4, 0.5) is 0 Å². The van der Waals surface area contributed by atoms with E-state index in [9.17, 15) is 0 Å². The first-order valence-corrected chi connectivity index (χ1v) is 4.09. The number of morpholine rings is 1. The number of nitrogens with one attached hydrogen (secondary N) is 1. The Balaban J connectivity index is 2.03. The highest BCUT2D eigenvalue weighted by molar-refractivity contribution is 5.18. The van der Waals surface area contributed by atoms with Crippen LogP contribution in [0, 0.1) is 0 Å². The molecule has 2 rings (SSSR count). The molecule has 0 bridgehead atoms. The third-order valence-corrected chi connectivity index (χ3v) is 1.94. The molecule has 1 heterocycles. The third kappa shape index (κ3) is 1.65. The molecule has 0 aliphatic carbocycles. The van der Waals surface area contributed by atoms with Crippen molar-refractivity contribution < 1.29 is 7.48 Å². The lowest BCUT2D eigenvalue weighted by molar-refractivity contribution is 0.0277. The fourth-order valence-electron chi connectivity index (χ4n) is 1.30. The molecule has 0 radical (unpaired) electrons. The summed E-state index contributed by atoms with van der Waals surface area (Å²) in [6, 6.07) is 9.86. The predicted molar refractivity (Wildman–Crippen MR) is 48.0 cm³/mol.